The lowest BCUT2D eigenvalue weighted by Crippen LogP contribution is -2.49. The van der Waals surface area contributed by atoms with Crippen LogP contribution in [0.5, 0.6) is 0 Å². The fraction of sp³-hybridized carbons (Fsp3) is 0.629. The third-order valence-corrected chi connectivity index (χ3v) is 11.5. The van der Waals surface area contributed by atoms with Crippen LogP contribution in [-0.2, 0) is 14.6 Å². The normalized spacial score (nSPS) is 23.0. The first kappa shape index (κ1) is 39.8. The lowest BCUT2D eigenvalue weighted by atomic mass is 9.69. The minimum atomic E-state index is -3.72. The van der Waals surface area contributed by atoms with Crippen LogP contribution in [0.1, 0.15) is 75.8 Å². The van der Waals surface area contributed by atoms with E-state index in [4.69, 9.17) is 5.11 Å². The van der Waals surface area contributed by atoms with Crippen LogP contribution in [0.4, 0.5) is 11.4 Å². The fourth-order valence-electron chi connectivity index (χ4n) is 6.51. The van der Waals surface area contributed by atoms with Crippen LogP contribution in [0, 0.1) is 5.41 Å². The number of unbranched alkanes of at least 4 members (excludes halogenated alkanes) is 2. The van der Waals surface area contributed by atoms with Gasteiger partial charge in [0.2, 0.25) is 5.91 Å². The van der Waals surface area contributed by atoms with Gasteiger partial charge in [-0.05, 0) is 73.7 Å². The molecule has 0 unspecified atom stereocenters. The third kappa shape index (κ3) is 9.75. The van der Waals surface area contributed by atoms with E-state index in [9.17, 15) is 38.7 Å². The highest BCUT2D eigenvalue weighted by atomic mass is 32.2. The van der Waals surface area contributed by atoms with Gasteiger partial charge < -0.3 is 46.2 Å². The molecule has 1 heterocycles. The lowest BCUT2D eigenvalue weighted by Gasteiger charge is -2.39. The lowest BCUT2D eigenvalue weighted by molar-refractivity contribution is -0.116. The molecule has 2 aromatic rings. The molecule has 8 N–H and O–H groups in total. The zero-order chi connectivity index (χ0) is 35.6. The smallest absolute Gasteiger partial charge is 0.224 e. The first-order valence-corrected chi connectivity index (χ1v) is 18.5. The van der Waals surface area contributed by atoms with Gasteiger partial charge in [-0.3, -0.25) is 4.79 Å². The Morgan fingerprint density at radius 1 is 1.00 bits per heavy atom. The molecule has 13 heteroatoms. The van der Waals surface area contributed by atoms with Gasteiger partial charge in [0, 0.05) is 49.8 Å². The molecule has 0 saturated carbocycles. The molecule has 0 radical (unpaired) electrons. The number of anilines is 2. The maximum Gasteiger partial charge on any atom is 0.224 e. The summed E-state index contributed by atoms with van der Waals surface area (Å²) in [5.74, 6) is -0.991. The monoisotopic (exact) mass is 693 g/mol. The molecule has 1 aliphatic heterocycles. The Balaban J connectivity index is 1.74. The molecular formula is C35H55N3O9S. The molecule has 270 valence electrons. The standard InChI is InChI=1S/C35H55N3O9S/c1-5-7-16-35(6-2)22-48(46,47)29-15-14-25(38(3)4)19-26(29)31(34(35)45)23-11-10-12-24(18-23)37-30(42)13-8-9-17-36-20-27(40)32(43)33(44)28(41)21-39/h10-12,14-15,18-19,27-28,31-34,36,39-41,43-45H,5-9,13,16-17,20-22H2,1-4H3,(H,37,42)/t27-,28+,31+,32+,33+,34+,35+/m0/s1. The highest BCUT2D eigenvalue weighted by Crippen LogP contribution is 2.49. The van der Waals surface area contributed by atoms with Crippen LogP contribution >= 0.6 is 0 Å². The van der Waals surface area contributed by atoms with Crippen LogP contribution in [0.2, 0.25) is 0 Å². The zero-order valence-electron chi connectivity index (χ0n) is 28.5. The molecule has 0 aromatic heterocycles. The van der Waals surface area contributed by atoms with Gasteiger partial charge in [-0.2, -0.15) is 0 Å². The number of fused-ring (bicyclic) bond motifs is 1. The summed E-state index contributed by atoms with van der Waals surface area (Å²) in [5.41, 5.74) is 1.77. The quantitative estimate of drug-likeness (QED) is 0.106. The molecule has 7 atom stereocenters. The van der Waals surface area contributed by atoms with E-state index in [1.165, 1.54) is 0 Å². The second-order valence-electron chi connectivity index (χ2n) is 13.3. The SMILES string of the molecule is CCCC[C@]1(CC)CS(=O)(=O)c2ccc(N(C)C)cc2[C@@H](c2cccc(NC(=O)CCCCNC[C@H](O)[C@@H](O)[C@H](O)[C@H](O)CO)c2)[C@H]1O. The summed E-state index contributed by atoms with van der Waals surface area (Å²) in [5, 5.41) is 66.0. The third-order valence-electron chi connectivity index (χ3n) is 9.55. The molecule has 0 spiro atoms. The maximum atomic E-state index is 13.9. The highest BCUT2D eigenvalue weighted by molar-refractivity contribution is 7.91. The number of amides is 1. The summed E-state index contributed by atoms with van der Waals surface area (Å²) in [6.07, 6.45) is -3.17. The van der Waals surface area contributed by atoms with Crippen molar-refractivity contribution in [3.05, 3.63) is 53.6 Å². The van der Waals surface area contributed by atoms with Gasteiger partial charge in [0.05, 0.1) is 29.5 Å². The van der Waals surface area contributed by atoms with E-state index in [0.29, 0.717) is 49.0 Å². The van der Waals surface area contributed by atoms with Gasteiger partial charge in [-0.25, -0.2) is 8.42 Å². The number of carbonyl (C=O) groups excluding carboxylic acids is 1. The number of hydrogen-bond acceptors (Lipinski definition) is 11. The number of benzene rings is 2. The van der Waals surface area contributed by atoms with E-state index in [2.05, 4.69) is 17.6 Å². The number of carbonyl (C=O) groups is 1. The maximum absolute atomic E-state index is 13.9. The van der Waals surface area contributed by atoms with Crippen molar-refractivity contribution in [2.45, 2.75) is 100 Å². The minimum absolute atomic E-state index is 0.0550. The van der Waals surface area contributed by atoms with Gasteiger partial charge in [0.15, 0.2) is 9.84 Å². The van der Waals surface area contributed by atoms with Crippen molar-refractivity contribution >= 4 is 27.1 Å². The van der Waals surface area contributed by atoms with E-state index in [0.717, 1.165) is 18.5 Å². The number of nitrogens with one attached hydrogen (secondary N) is 2. The van der Waals surface area contributed by atoms with Crippen LogP contribution in [-0.4, -0.2) is 115 Å². The van der Waals surface area contributed by atoms with Gasteiger partial charge in [0.1, 0.15) is 18.3 Å². The molecule has 0 fully saturated rings. The topological polar surface area (TPSA) is 200 Å². The number of rotatable bonds is 18. The van der Waals surface area contributed by atoms with E-state index in [1.54, 1.807) is 24.3 Å². The van der Waals surface area contributed by atoms with Crippen molar-refractivity contribution in [2.24, 2.45) is 5.41 Å². The second-order valence-corrected chi connectivity index (χ2v) is 15.2. The number of sulfone groups is 1. The number of aliphatic hydroxyl groups is 6. The largest absolute Gasteiger partial charge is 0.394 e. The summed E-state index contributed by atoms with van der Waals surface area (Å²) >= 11 is 0. The van der Waals surface area contributed by atoms with Crippen LogP contribution < -0.4 is 15.5 Å². The van der Waals surface area contributed by atoms with Crippen molar-refractivity contribution in [1.29, 1.82) is 0 Å². The van der Waals surface area contributed by atoms with Crippen LogP contribution in [0.15, 0.2) is 47.4 Å². The summed E-state index contributed by atoms with van der Waals surface area (Å²) in [4.78, 5) is 15.0. The Hall–Kier alpha value is -2.62. The highest BCUT2D eigenvalue weighted by Gasteiger charge is 2.49. The summed E-state index contributed by atoms with van der Waals surface area (Å²) in [6.45, 7) is 3.62. The molecule has 0 saturated heterocycles. The van der Waals surface area contributed by atoms with E-state index >= 15 is 0 Å². The summed E-state index contributed by atoms with van der Waals surface area (Å²) in [6, 6.07) is 12.5. The average Bonchev–Trinajstić information content (AvgIpc) is 3.13. The summed E-state index contributed by atoms with van der Waals surface area (Å²) in [7, 11) is 0.0475. The fourth-order valence-corrected chi connectivity index (χ4v) is 8.76. The Morgan fingerprint density at radius 2 is 1.71 bits per heavy atom. The molecule has 0 aliphatic carbocycles. The zero-order valence-corrected chi connectivity index (χ0v) is 29.4. The molecule has 0 bridgehead atoms. The number of nitrogens with zero attached hydrogens (tertiary/aromatic N) is 1. The van der Waals surface area contributed by atoms with Gasteiger partial charge in [0.25, 0.3) is 0 Å². The van der Waals surface area contributed by atoms with Crippen molar-refractivity contribution in [1.82, 2.24) is 5.32 Å². The Morgan fingerprint density at radius 3 is 2.35 bits per heavy atom. The second kappa shape index (κ2) is 17.9. The number of hydrogen-bond donors (Lipinski definition) is 8. The Kier molecular flexibility index (Phi) is 14.8. The van der Waals surface area contributed by atoms with E-state index in [-0.39, 0.29) is 29.5 Å². The van der Waals surface area contributed by atoms with Crippen molar-refractivity contribution in [2.75, 3.05) is 49.8 Å². The molecule has 3 rings (SSSR count). The Labute approximate surface area is 284 Å². The number of aliphatic hydroxyl groups excluding tert-OH is 6. The van der Waals surface area contributed by atoms with E-state index < -0.39 is 58.3 Å². The Bertz CT molecular complexity index is 1440. The van der Waals surface area contributed by atoms with Crippen molar-refractivity contribution in [3.63, 3.8) is 0 Å². The van der Waals surface area contributed by atoms with Gasteiger partial charge in [-0.15, -0.1) is 0 Å². The van der Waals surface area contributed by atoms with Gasteiger partial charge >= 0.3 is 0 Å². The van der Waals surface area contributed by atoms with E-state index in [1.807, 2.05) is 44.1 Å². The predicted octanol–water partition coefficient (Wildman–Crippen LogP) is 1.75. The van der Waals surface area contributed by atoms with Crippen molar-refractivity contribution in [3.8, 4) is 0 Å². The van der Waals surface area contributed by atoms with Gasteiger partial charge in [-0.1, -0.05) is 38.8 Å². The average molecular weight is 694 g/mol. The molecule has 48 heavy (non-hydrogen) atoms. The van der Waals surface area contributed by atoms with Crippen LogP contribution in [0.3, 0.4) is 0 Å². The molecule has 2 aromatic carbocycles. The molecular weight excluding hydrogens is 638 g/mol. The first-order valence-electron chi connectivity index (χ1n) is 16.9. The van der Waals surface area contributed by atoms with Crippen molar-refractivity contribution < 1.29 is 43.9 Å². The minimum Gasteiger partial charge on any atom is -0.394 e. The van der Waals surface area contributed by atoms with Crippen LogP contribution in [0.25, 0.3) is 0 Å². The predicted molar refractivity (Wildman–Crippen MR) is 186 cm³/mol. The first-order chi connectivity index (χ1) is 22.7. The molecule has 1 aliphatic rings. The molecule has 1 amide bonds. The molecule has 12 nitrogen and oxygen atoms in total. The summed E-state index contributed by atoms with van der Waals surface area (Å²) < 4.78 is 27.8.